The van der Waals surface area contributed by atoms with Crippen LogP contribution in [0.1, 0.15) is 44.9 Å². The van der Waals surface area contributed by atoms with Crippen molar-refractivity contribution < 1.29 is 27.7 Å². The molecule has 1 fully saturated rings. The highest BCUT2D eigenvalue weighted by Gasteiger charge is 2.23. The molecule has 12 heteroatoms. The molecule has 0 spiro atoms. The molecule has 172 valence electrons. The summed E-state index contributed by atoms with van der Waals surface area (Å²) in [6, 6.07) is 4.47. The van der Waals surface area contributed by atoms with Crippen molar-refractivity contribution in [3.8, 4) is 0 Å². The first-order valence-electron chi connectivity index (χ1n) is 10.2. The molecule has 3 rings (SSSR count). The van der Waals surface area contributed by atoms with E-state index in [1.807, 2.05) is 0 Å². The van der Waals surface area contributed by atoms with Gasteiger partial charge in [0.2, 0.25) is 9.84 Å². The number of esters is 1. The maximum atomic E-state index is 12.6. The molecule has 1 aromatic carbocycles. The molecule has 1 N–H and O–H groups in total. The van der Waals surface area contributed by atoms with Crippen LogP contribution in [0.4, 0.5) is 10.8 Å². The number of anilines is 1. The van der Waals surface area contributed by atoms with Crippen molar-refractivity contribution in [1.29, 1.82) is 0 Å². The van der Waals surface area contributed by atoms with E-state index in [0.717, 1.165) is 61.1 Å². The Morgan fingerprint density at radius 2 is 1.88 bits per heavy atom. The number of nitro benzene ring substituents is 1. The third kappa shape index (κ3) is 6.33. The van der Waals surface area contributed by atoms with Crippen LogP contribution in [0.5, 0.6) is 0 Å². The van der Waals surface area contributed by atoms with E-state index < -0.39 is 33.2 Å². The van der Waals surface area contributed by atoms with Gasteiger partial charge in [-0.25, -0.2) is 13.4 Å². The molecule has 0 unspecified atom stereocenters. The monoisotopic (exact) mass is 481 g/mol. The second-order valence-electron chi connectivity index (χ2n) is 7.49. The van der Waals surface area contributed by atoms with Gasteiger partial charge >= 0.3 is 5.97 Å². The molecule has 0 aliphatic heterocycles. The number of hydrogen-bond acceptors (Lipinski definition) is 9. The van der Waals surface area contributed by atoms with Crippen LogP contribution < -0.4 is 5.32 Å². The summed E-state index contributed by atoms with van der Waals surface area (Å²) in [4.78, 5) is 37.7. The minimum absolute atomic E-state index is 0.0359. The summed E-state index contributed by atoms with van der Waals surface area (Å²) in [5.74, 6) is -0.521. The average Bonchev–Trinajstić information content (AvgIpc) is 3.26. The lowest BCUT2D eigenvalue weighted by molar-refractivity contribution is -0.384. The number of sulfone groups is 1. The summed E-state index contributed by atoms with van der Waals surface area (Å²) < 4.78 is 30.2. The highest BCUT2D eigenvalue weighted by Crippen LogP contribution is 2.30. The molecule has 1 heterocycles. The quantitative estimate of drug-likeness (QED) is 0.324. The zero-order valence-corrected chi connectivity index (χ0v) is 18.8. The van der Waals surface area contributed by atoms with Crippen molar-refractivity contribution in [2.24, 2.45) is 5.92 Å². The molecule has 2 aromatic rings. The van der Waals surface area contributed by atoms with E-state index in [-0.39, 0.29) is 26.3 Å². The average molecular weight is 482 g/mol. The summed E-state index contributed by atoms with van der Waals surface area (Å²) in [6.45, 7) is -0.479. The summed E-state index contributed by atoms with van der Waals surface area (Å²) in [5.41, 5.74) is -0.227. The minimum Gasteiger partial charge on any atom is -0.456 e. The Labute approximate surface area is 189 Å². The first-order valence-corrected chi connectivity index (χ1v) is 12.5. The van der Waals surface area contributed by atoms with E-state index in [1.54, 1.807) is 0 Å². The first-order chi connectivity index (χ1) is 15.3. The fourth-order valence-electron chi connectivity index (χ4n) is 3.48. The van der Waals surface area contributed by atoms with Crippen LogP contribution in [0.15, 0.2) is 39.6 Å². The van der Waals surface area contributed by atoms with Crippen LogP contribution in [0.2, 0.25) is 0 Å². The highest BCUT2D eigenvalue weighted by atomic mass is 32.2. The standard InChI is InChI=1S/C20H23N3O7S2/c24-17(13-30-18(25)11-6-14-4-2-1-3-5-14)22-20-21-12-19(31-20)32(28,29)16-9-7-15(8-10-16)23(26)27/h7-10,12,14H,1-6,11,13H2,(H,21,22,24). The number of carbonyl (C=O) groups excluding carboxylic acids is 2. The maximum Gasteiger partial charge on any atom is 0.306 e. The smallest absolute Gasteiger partial charge is 0.306 e. The number of aromatic nitrogens is 1. The molecule has 1 saturated carbocycles. The van der Waals surface area contributed by atoms with Gasteiger partial charge in [0.1, 0.15) is 4.21 Å². The first kappa shape index (κ1) is 23.8. The molecule has 0 saturated heterocycles. The van der Waals surface area contributed by atoms with E-state index >= 15 is 0 Å². The lowest BCUT2D eigenvalue weighted by Crippen LogP contribution is -2.21. The van der Waals surface area contributed by atoms with Gasteiger partial charge in [-0.2, -0.15) is 0 Å². The number of nitrogens with zero attached hydrogens (tertiary/aromatic N) is 2. The molecular weight excluding hydrogens is 458 g/mol. The lowest BCUT2D eigenvalue weighted by atomic mass is 9.86. The predicted octanol–water partition coefficient (Wildman–Crippen LogP) is 3.73. The van der Waals surface area contributed by atoms with Crippen LogP contribution in [0.25, 0.3) is 0 Å². The van der Waals surface area contributed by atoms with Crippen LogP contribution in [0, 0.1) is 16.0 Å². The third-order valence-electron chi connectivity index (χ3n) is 5.20. The largest absolute Gasteiger partial charge is 0.456 e. The van der Waals surface area contributed by atoms with E-state index in [2.05, 4.69) is 10.3 Å². The molecule has 1 amide bonds. The van der Waals surface area contributed by atoms with Crippen molar-refractivity contribution >= 4 is 43.9 Å². The Bertz CT molecular complexity index is 1070. The molecular formula is C20H23N3O7S2. The van der Waals surface area contributed by atoms with Gasteiger partial charge in [0, 0.05) is 18.6 Å². The SMILES string of the molecule is O=C(COC(=O)CCC1CCCCC1)Nc1ncc(S(=O)(=O)c2ccc([N+](=O)[O-])cc2)s1. The van der Waals surface area contributed by atoms with Crippen molar-refractivity contribution in [2.75, 3.05) is 11.9 Å². The second kappa shape index (κ2) is 10.6. The van der Waals surface area contributed by atoms with Gasteiger partial charge in [-0.05, 0) is 24.5 Å². The molecule has 0 radical (unpaired) electrons. The molecule has 0 atom stereocenters. The predicted molar refractivity (Wildman–Crippen MR) is 116 cm³/mol. The summed E-state index contributed by atoms with van der Waals surface area (Å²) >= 11 is 0.731. The summed E-state index contributed by atoms with van der Waals surface area (Å²) in [6.07, 6.45) is 8.01. The number of rotatable bonds is 9. The van der Waals surface area contributed by atoms with E-state index in [4.69, 9.17) is 4.74 Å². The fourth-order valence-corrected chi connectivity index (χ4v) is 5.92. The molecule has 10 nitrogen and oxygen atoms in total. The van der Waals surface area contributed by atoms with E-state index in [0.29, 0.717) is 5.92 Å². The Morgan fingerprint density at radius 1 is 1.19 bits per heavy atom. The topological polar surface area (TPSA) is 146 Å². The van der Waals surface area contributed by atoms with Crippen molar-refractivity contribution in [3.05, 3.63) is 40.6 Å². The van der Waals surface area contributed by atoms with Gasteiger partial charge in [0.25, 0.3) is 11.6 Å². The number of amides is 1. The second-order valence-corrected chi connectivity index (χ2v) is 10.7. The lowest BCUT2D eigenvalue weighted by Gasteiger charge is -2.20. The number of carbonyl (C=O) groups is 2. The van der Waals surface area contributed by atoms with Gasteiger partial charge in [0.15, 0.2) is 11.7 Å². The van der Waals surface area contributed by atoms with Crippen molar-refractivity contribution in [3.63, 3.8) is 0 Å². The third-order valence-corrected chi connectivity index (χ3v) is 8.34. The number of non-ortho nitro benzene ring substituents is 1. The van der Waals surface area contributed by atoms with E-state index in [1.165, 1.54) is 19.3 Å². The fraction of sp³-hybridized carbons (Fsp3) is 0.450. The number of nitro groups is 1. The van der Waals surface area contributed by atoms with Gasteiger partial charge in [-0.1, -0.05) is 43.4 Å². The molecule has 1 aromatic heterocycles. The number of thiazole rings is 1. The Morgan fingerprint density at radius 3 is 2.53 bits per heavy atom. The Kier molecular flexibility index (Phi) is 7.91. The summed E-state index contributed by atoms with van der Waals surface area (Å²) in [5, 5.41) is 13.2. The number of hydrogen-bond donors (Lipinski definition) is 1. The Hall–Kier alpha value is -2.86. The van der Waals surface area contributed by atoms with Crippen molar-refractivity contribution in [1.82, 2.24) is 4.98 Å². The van der Waals surface area contributed by atoms with Crippen LogP contribution in [0.3, 0.4) is 0 Å². The van der Waals surface area contributed by atoms with E-state index in [9.17, 15) is 28.1 Å². The van der Waals surface area contributed by atoms with Crippen LogP contribution in [-0.2, 0) is 24.2 Å². The maximum absolute atomic E-state index is 12.6. The molecule has 32 heavy (non-hydrogen) atoms. The molecule has 0 bridgehead atoms. The van der Waals surface area contributed by atoms with Gasteiger partial charge < -0.3 is 4.74 Å². The number of ether oxygens (including phenoxy) is 1. The molecule has 1 aliphatic rings. The number of benzene rings is 1. The van der Waals surface area contributed by atoms with Gasteiger partial charge in [-0.15, -0.1) is 0 Å². The minimum atomic E-state index is -3.94. The van der Waals surface area contributed by atoms with Crippen LogP contribution >= 0.6 is 11.3 Å². The summed E-state index contributed by atoms with van der Waals surface area (Å²) in [7, 11) is -3.94. The van der Waals surface area contributed by atoms with Gasteiger partial charge in [0.05, 0.1) is 16.0 Å². The normalized spacial score (nSPS) is 14.6. The molecule has 1 aliphatic carbocycles. The Balaban J connectivity index is 1.49. The highest BCUT2D eigenvalue weighted by molar-refractivity contribution is 7.93. The van der Waals surface area contributed by atoms with Crippen molar-refractivity contribution in [2.45, 2.75) is 54.1 Å². The van der Waals surface area contributed by atoms with Crippen LogP contribution in [-0.4, -0.2) is 36.8 Å². The zero-order valence-electron chi connectivity index (χ0n) is 17.2. The number of nitrogens with one attached hydrogen (secondary N) is 1. The van der Waals surface area contributed by atoms with Gasteiger partial charge in [-0.3, -0.25) is 25.0 Å². The zero-order chi connectivity index (χ0) is 23.1.